The maximum atomic E-state index is 10.8. The van der Waals surface area contributed by atoms with Crippen molar-refractivity contribution in [1.82, 2.24) is 9.97 Å². The van der Waals surface area contributed by atoms with E-state index in [1.165, 1.54) is 6.92 Å². The summed E-state index contributed by atoms with van der Waals surface area (Å²) >= 11 is 0. The number of benzene rings is 1. The van der Waals surface area contributed by atoms with Crippen LogP contribution in [0, 0.1) is 0 Å². The van der Waals surface area contributed by atoms with Gasteiger partial charge in [-0.3, -0.25) is 4.79 Å². The number of rotatable bonds is 3. The molecule has 0 unspecified atom stereocenters. The van der Waals surface area contributed by atoms with Gasteiger partial charge in [0.15, 0.2) is 0 Å². The Morgan fingerprint density at radius 3 is 2.24 bits per heavy atom. The molecule has 0 bridgehead atoms. The normalized spacial score (nSPS) is 9.71. The van der Waals surface area contributed by atoms with Crippen molar-refractivity contribution in [3.05, 3.63) is 42.7 Å². The Bertz CT molecular complexity index is 496. The minimum Gasteiger partial charge on any atom is -0.326 e. The number of nitrogens with one attached hydrogen (secondary N) is 2. The molecule has 2 aromatic rings. The van der Waals surface area contributed by atoms with Crippen molar-refractivity contribution in [1.29, 1.82) is 0 Å². The molecule has 17 heavy (non-hydrogen) atoms. The van der Waals surface area contributed by atoms with E-state index < -0.39 is 0 Å². The molecule has 1 aromatic heterocycles. The zero-order chi connectivity index (χ0) is 12.1. The second kappa shape index (κ2) is 5.07. The van der Waals surface area contributed by atoms with Crippen LogP contribution in [0.25, 0.3) is 0 Å². The summed E-state index contributed by atoms with van der Waals surface area (Å²) < 4.78 is 0. The minimum absolute atomic E-state index is 0.0860. The van der Waals surface area contributed by atoms with Gasteiger partial charge in [0.25, 0.3) is 0 Å². The number of nitrogens with zero attached hydrogens (tertiary/aromatic N) is 2. The van der Waals surface area contributed by atoms with E-state index in [0.29, 0.717) is 5.95 Å². The highest BCUT2D eigenvalue weighted by molar-refractivity contribution is 5.88. The van der Waals surface area contributed by atoms with Gasteiger partial charge >= 0.3 is 0 Å². The van der Waals surface area contributed by atoms with Crippen molar-refractivity contribution >= 4 is 23.2 Å². The molecule has 0 spiro atoms. The van der Waals surface area contributed by atoms with Crippen molar-refractivity contribution in [2.45, 2.75) is 6.92 Å². The van der Waals surface area contributed by atoms with E-state index in [1.807, 2.05) is 24.3 Å². The minimum atomic E-state index is -0.0860. The third kappa shape index (κ3) is 3.27. The van der Waals surface area contributed by atoms with Gasteiger partial charge in [-0.25, -0.2) is 9.97 Å². The number of anilines is 3. The second-order valence-electron chi connectivity index (χ2n) is 3.46. The van der Waals surface area contributed by atoms with Crippen molar-refractivity contribution < 1.29 is 4.79 Å². The number of amides is 1. The molecule has 86 valence electrons. The fraction of sp³-hybridized carbons (Fsp3) is 0.0833. The van der Waals surface area contributed by atoms with E-state index in [9.17, 15) is 4.79 Å². The van der Waals surface area contributed by atoms with E-state index in [0.717, 1.165) is 11.4 Å². The molecule has 0 atom stereocenters. The summed E-state index contributed by atoms with van der Waals surface area (Å²) in [6.07, 6.45) is 3.34. The van der Waals surface area contributed by atoms with Gasteiger partial charge in [-0.2, -0.15) is 0 Å². The molecule has 1 aromatic carbocycles. The predicted octanol–water partition coefficient (Wildman–Crippen LogP) is 2.18. The lowest BCUT2D eigenvalue weighted by molar-refractivity contribution is -0.114. The molecule has 5 heteroatoms. The average Bonchev–Trinajstić information content (AvgIpc) is 2.32. The molecule has 0 saturated carbocycles. The van der Waals surface area contributed by atoms with E-state index in [-0.39, 0.29) is 5.91 Å². The lowest BCUT2D eigenvalue weighted by atomic mass is 10.3. The Morgan fingerprint density at radius 1 is 1.06 bits per heavy atom. The van der Waals surface area contributed by atoms with E-state index in [4.69, 9.17) is 0 Å². The highest BCUT2D eigenvalue weighted by atomic mass is 16.1. The van der Waals surface area contributed by atoms with Crippen molar-refractivity contribution in [2.75, 3.05) is 10.6 Å². The maximum Gasteiger partial charge on any atom is 0.227 e. The van der Waals surface area contributed by atoms with Crippen LogP contribution in [0.3, 0.4) is 0 Å². The van der Waals surface area contributed by atoms with Gasteiger partial charge in [-0.1, -0.05) is 0 Å². The van der Waals surface area contributed by atoms with Crippen LogP contribution in [0.5, 0.6) is 0 Å². The summed E-state index contributed by atoms with van der Waals surface area (Å²) in [6, 6.07) is 9.08. The molecule has 0 saturated heterocycles. The van der Waals surface area contributed by atoms with Crippen LogP contribution in [0.2, 0.25) is 0 Å². The first-order valence-electron chi connectivity index (χ1n) is 5.16. The van der Waals surface area contributed by atoms with Gasteiger partial charge in [0, 0.05) is 30.7 Å². The van der Waals surface area contributed by atoms with Crippen molar-refractivity contribution in [3.8, 4) is 0 Å². The van der Waals surface area contributed by atoms with Gasteiger partial charge in [0.2, 0.25) is 11.9 Å². The monoisotopic (exact) mass is 228 g/mol. The molecule has 2 N–H and O–H groups in total. The average molecular weight is 228 g/mol. The molecule has 0 aliphatic carbocycles. The lowest BCUT2D eigenvalue weighted by Crippen LogP contribution is -2.05. The van der Waals surface area contributed by atoms with Crippen LogP contribution >= 0.6 is 0 Å². The quantitative estimate of drug-likeness (QED) is 0.845. The third-order valence-electron chi connectivity index (χ3n) is 2.03. The maximum absolute atomic E-state index is 10.8. The third-order valence-corrected chi connectivity index (χ3v) is 2.03. The molecular formula is C12H12N4O. The number of carbonyl (C=O) groups excluding carboxylic acids is 1. The van der Waals surface area contributed by atoms with E-state index >= 15 is 0 Å². The lowest BCUT2D eigenvalue weighted by Gasteiger charge is -2.05. The summed E-state index contributed by atoms with van der Waals surface area (Å²) in [6.45, 7) is 1.48. The first kappa shape index (κ1) is 11.1. The van der Waals surface area contributed by atoms with Crippen molar-refractivity contribution in [3.63, 3.8) is 0 Å². The summed E-state index contributed by atoms with van der Waals surface area (Å²) in [7, 11) is 0. The fourth-order valence-corrected chi connectivity index (χ4v) is 1.33. The molecule has 1 amide bonds. The first-order chi connectivity index (χ1) is 8.24. The largest absolute Gasteiger partial charge is 0.326 e. The molecule has 0 aliphatic heterocycles. The van der Waals surface area contributed by atoms with Gasteiger partial charge in [0.05, 0.1) is 0 Å². The Kier molecular flexibility index (Phi) is 3.30. The van der Waals surface area contributed by atoms with Crippen LogP contribution in [-0.2, 0) is 4.79 Å². The summed E-state index contributed by atoms with van der Waals surface area (Å²) in [5.41, 5.74) is 1.63. The smallest absolute Gasteiger partial charge is 0.227 e. The topological polar surface area (TPSA) is 66.9 Å². The highest BCUT2D eigenvalue weighted by Gasteiger charge is 1.98. The Labute approximate surface area is 98.9 Å². The number of aromatic nitrogens is 2. The van der Waals surface area contributed by atoms with Gasteiger partial charge in [0.1, 0.15) is 0 Å². The number of carbonyl (C=O) groups is 1. The van der Waals surface area contributed by atoms with E-state index in [1.54, 1.807) is 18.5 Å². The number of hydrogen-bond acceptors (Lipinski definition) is 4. The Morgan fingerprint density at radius 2 is 1.65 bits per heavy atom. The molecule has 0 aliphatic rings. The number of hydrogen-bond donors (Lipinski definition) is 2. The van der Waals surface area contributed by atoms with Gasteiger partial charge < -0.3 is 10.6 Å². The molecular weight excluding hydrogens is 216 g/mol. The molecule has 5 nitrogen and oxygen atoms in total. The first-order valence-corrected chi connectivity index (χ1v) is 5.16. The Hall–Kier alpha value is -2.43. The van der Waals surface area contributed by atoms with Crippen LogP contribution in [0.15, 0.2) is 42.7 Å². The standard InChI is InChI=1S/C12H12N4O/c1-9(17)15-10-3-5-11(6-4-10)16-12-13-7-2-8-14-12/h2-8H,1H3,(H,15,17)(H,13,14,16). The molecule has 1 heterocycles. The Balaban J connectivity index is 2.06. The molecule has 0 fully saturated rings. The SMILES string of the molecule is CC(=O)Nc1ccc(Nc2ncccn2)cc1. The van der Waals surface area contributed by atoms with Crippen LogP contribution in [-0.4, -0.2) is 15.9 Å². The second-order valence-corrected chi connectivity index (χ2v) is 3.46. The zero-order valence-corrected chi connectivity index (χ0v) is 9.34. The van der Waals surface area contributed by atoms with Crippen LogP contribution in [0.4, 0.5) is 17.3 Å². The van der Waals surface area contributed by atoms with Crippen LogP contribution in [0.1, 0.15) is 6.92 Å². The van der Waals surface area contributed by atoms with Crippen molar-refractivity contribution in [2.24, 2.45) is 0 Å². The molecule has 2 rings (SSSR count). The predicted molar refractivity (Wildman–Crippen MR) is 66.1 cm³/mol. The van der Waals surface area contributed by atoms with Gasteiger partial charge in [-0.05, 0) is 30.3 Å². The summed E-state index contributed by atoms with van der Waals surface area (Å²) in [5, 5.41) is 5.75. The molecule has 0 radical (unpaired) electrons. The highest BCUT2D eigenvalue weighted by Crippen LogP contribution is 2.15. The summed E-state index contributed by atoms with van der Waals surface area (Å²) in [5.74, 6) is 0.455. The van der Waals surface area contributed by atoms with Crippen LogP contribution < -0.4 is 10.6 Å². The van der Waals surface area contributed by atoms with Gasteiger partial charge in [-0.15, -0.1) is 0 Å². The van der Waals surface area contributed by atoms with E-state index in [2.05, 4.69) is 20.6 Å². The fourth-order valence-electron chi connectivity index (χ4n) is 1.33. The zero-order valence-electron chi connectivity index (χ0n) is 9.34. The summed E-state index contributed by atoms with van der Waals surface area (Å²) in [4.78, 5) is 18.9.